The highest BCUT2D eigenvalue weighted by atomic mass is 19.4. The highest BCUT2D eigenvalue weighted by molar-refractivity contribution is 5.86. The first-order valence-corrected chi connectivity index (χ1v) is 4.93. The van der Waals surface area contributed by atoms with Gasteiger partial charge >= 0.3 is 12.1 Å². The van der Waals surface area contributed by atoms with E-state index in [-0.39, 0.29) is 5.56 Å². The Kier molecular flexibility index (Phi) is 3.65. The van der Waals surface area contributed by atoms with Crippen LogP contribution in [0.15, 0.2) is 24.3 Å². The molecule has 0 radical (unpaired) electrons. The molecule has 6 heteroatoms. The van der Waals surface area contributed by atoms with Crippen molar-refractivity contribution in [1.29, 1.82) is 5.26 Å². The number of methoxy groups -OCH3 is 1. The highest BCUT2D eigenvalue weighted by Crippen LogP contribution is 2.31. The van der Waals surface area contributed by atoms with Crippen LogP contribution in [0.2, 0.25) is 0 Å². The van der Waals surface area contributed by atoms with Crippen molar-refractivity contribution < 1.29 is 22.7 Å². The molecule has 0 saturated carbocycles. The second kappa shape index (κ2) is 4.69. The van der Waals surface area contributed by atoms with Crippen LogP contribution >= 0.6 is 0 Å². The van der Waals surface area contributed by atoms with Gasteiger partial charge in [0, 0.05) is 0 Å². The van der Waals surface area contributed by atoms with Crippen LogP contribution in [0.5, 0.6) is 0 Å². The van der Waals surface area contributed by atoms with Gasteiger partial charge in [-0.3, -0.25) is 0 Å². The molecule has 1 rings (SSSR count). The van der Waals surface area contributed by atoms with Crippen LogP contribution in [0.1, 0.15) is 18.1 Å². The predicted molar refractivity (Wildman–Crippen MR) is 56.4 cm³/mol. The number of rotatable bonds is 2. The van der Waals surface area contributed by atoms with Crippen molar-refractivity contribution >= 4 is 5.97 Å². The standard InChI is InChI=1S/C12H10F3NO2/c1-11(7-16,10(17)18-2)8-3-5-9(6-4-8)12(13,14)15/h3-6H,1-2H3. The first kappa shape index (κ1) is 14.0. The maximum absolute atomic E-state index is 12.4. The first-order chi connectivity index (χ1) is 8.25. The Labute approximate surface area is 102 Å². The van der Waals surface area contributed by atoms with Gasteiger partial charge in [0.25, 0.3) is 0 Å². The van der Waals surface area contributed by atoms with E-state index in [0.717, 1.165) is 31.4 Å². The Morgan fingerprint density at radius 2 is 1.67 bits per heavy atom. The molecule has 0 N–H and O–H groups in total. The number of halogens is 3. The summed E-state index contributed by atoms with van der Waals surface area (Å²) >= 11 is 0. The van der Waals surface area contributed by atoms with E-state index in [9.17, 15) is 18.0 Å². The lowest BCUT2D eigenvalue weighted by Gasteiger charge is -2.19. The molecule has 0 saturated heterocycles. The van der Waals surface area contributed by atoms with E-state index in [0.29, 0.717) is 0 Å². The molecule has 0 aliphatic heterocycles. The summed E-state index contributed by atoms with van der Waals surface area (Å²) in [4.78, 5) is 11.5. The summed E-state index contributed by atoms with van der Waals surface area (Å²) in [5, 5.41) is 9.00. The summed E-state index contributed by atoms with van der Waals surface area (Å²) in [6, 6.07) is 5.60. The molecular weight excluding hydrogens is 247 g/mol. The molecule has 0 aliphatic rings. The van der Waals surface area contributed by atoms with Gasteiger partial charge in [-0.2, -0.15) is 18.4 Å². The molecule has 0 aliphatic carbocycles. The first-order valence-electron chi connectivity index (χ1n) is 4.93. The van der Waals surface area contributed by atoms with Gasteiger partial charge in [-0.25, -0.2) is 4.79 Å². The number of hydrogen-bond acceptors (Lipinski definition) is 3. The maximum atomic E-state index is 12.4. The summed E-state index contributed by atoms with van der Waals surface area (Å²) in [7, 11) is 1.11. The van der Waals surface area contributed by atoms with Crippen molar-refractivity contribution in [3.63, 3.8) is 0 Å². The van der Waals surface area contributed by atoms with E-state index < -0.39 is 23.1 Å². The third kappa shape index (κ3) is 2.45. The predicted octanol–water partition coefficient (Wildman–Crippen LogP) is 2.66. The molecule has 3 nitrogen and oxygen atoms in total. The number of esters is 1. The van der Waals surface area contributed by atoms with E-state index in [1.54, 1.807) is 6.07 Å². The average Bonchev–Trinajstić information content (AvgIpc) is 2.36. The van der Waals surface area contributed by atoms with Crippen molar-refractivity contribution in [2.45, 2.75) is 18.5 Å². The quantitative estimate of drug-likeness (QED) is 0.765. The second-order valence-electron chi connectivity index (χ2n) is 3.80. The van der Waals surface area contributed by atoms with Crippen molar-refractivity contribution in [1.82, 2.24) is 0 Å². The Hall–Kier alpha value is -2.03. The zero-order valence-electron chi connectivity index (χ0n) is 9.71. The molecule has 96 valence electrons. The summed E-state index contributed by atoms with van der Waals surface area (Å²) in [6.45, 7) is 1.29. The van der Waals surface area contributed by atoms with Gasteiger partial charge in [0.2, 0.25) is 0 Å². The van der Waals surface area contributed by atoms with E-state index in [1.807, 2.05) is 0 Å². The van der Waals surface area contributed by atoms with Crippen LogP contribution in [-0.4, -0.2) is 13.1 Å². The normalized spacial score (nSPS) is 14.4. The third-order valence-corrected chi connectivity index (χ3v) is 2.61. The molecule has 1 unspecified atom stereocenters. The SMILES string of the molecule is COC(=O)C(C)(C#N)c1ccc(C(F)(F)F)cc1. The smallest absolute Gasteiger partial charge is 0.416 e. The van der Waals surface area contributed by atoms with E-state index in [4.69, 9.17) is 5.26 Å². The van der Waals surface area contributed by atoms with Crippen molar-refractivity contribution in [3.05, 3.63) is 35.4 Å². The monoisotopic (exact) mass is 257 g/mol. The molecule has 1 aromatic rings. The molecular formula is C12H10F3NO2. The third-order valence-electron chi connectivity index (χ3n) is 2.61. The lowest BCUT2D eigenvalue weighted by Crippen LogP contribution is -2.32. The lowest BCUT2D eigenvalue weighted by molar-refractivity contribution is -0.144. The van der Waals surface area contributed by atoms with Crippen LogP contribution < -0.4 is 0 Å². The minimum atomic E-state index is -4.45. The Bertz CT molecular complexity index is 488. The fraction of sp³-hybridized carbons (Fsp3) is 0.333. The van der Waals surface area contributed by atoms with Crippen LogP contribution in [0.25, 0.3) is 0 Å². The topological polar surface area (TPSA) is 50.1 Å². The van der Waals surface area contributed by atoms with Gasteiger partial charge in [0.15, 0.2) is 5.41 Å². The van der Waals surface area contributed by atoms with Gasteiger partial charge in [0.05, 0.1) is 18.7 Å². The van der Waals surface area contributed by atoms with Gasteiger partial charge < -0.3 is 4.74 Å². The molecule has 0 heterocycles. The summed E-state index contributed by atoms with van der Waals surface area (Å²) in [5.41, 5.74) is -2.29. The fourth-order valence-corrected chi connectivity index (χ4v) is 1.42. The number of nitriles is 1. The summed E-state index contributed by atoms with van der Waals surface area (Å²) < 4.78 is 41.6. The molecule has 1 atom stereocenters. The summed E-state index contributed by atoms with van der Waals surface area (Å²) in [5.74, 6) is -0.815. The Morgan fingerprint density at radius 3 is 2.00 bits per heavy atom. The number of benzene rings is 1. The average molecular weight is 257 g/mol. The van der Waals surface area contributed by atoms with Crippen molar-refractivity contribution in [2.24, 2.45) is 0 Å². The number of hydrogen-bond donors (Lipinski definition) is 0. The second-order valence-corrected chi connectivity index (χ2v) is 3.80. The van der Waals surface area contributed by atoms with Gasteiger partial charge in [-0.15, -0.1) is 0 Å². The minimum Gasteiger partial charge on any atom is -0.468 e. The van der Waals surface area contributed by atoms with Crippen molar-refractivity contribution in [2.75, 3.05) is 7.11 Å². The Morgan fingerprint density at radius 1 is 1.22 bits per heavy atom. The van der Waals surface area contributed by atoms with Crippen LogP contribution in [0, 0.1) is 11.3 Å². The highest BCUT2D eigenvalue weighted by Gasteiger charge is 2.38. The number of carbonyl (C=O) groups is 1. The Balaban J connectivity index is 3.20. The van der Waals surface area contributed by atoms with E-state index >= 15 is 0 Å². The molecule has 1 aromatic carbocycles. The van der Waals surface area contributed by atoms with Crippen LogP contribution in [0.3, 0.4) is 0 Å². The fourth-order valence-electron chi connectivity index (χ4n) is 1.42. The minimum absolute atomic E-state index is 0.157. The molecule has 0 fully saturated rings. The molecule has 0 aromatic heterocycles. The summed E-state index contributed by atoms with van der Waals surface area (Å²) in [6.07, 6.45) is -4.45. The number of carbonyl (C=O) groups excluding carboxylic acids is 1. The van der Waals surface area contributed by atoms with Gasteiger partial charge in [-0.1, -0.05) is 12.1 Å². The molecule has 18 heavy (non-hydrogen) atoms. The van der Waals surface area contributed by atoms with Crippen molar-refractivity contribution in [3.8, 4) is 6.07 Å². The van der Waals surface area contributed by atoms with Crippen LogP contribution in [0.4, 0.5) is 13.2 Å². The number of ether oxygens (including phenoxy) is 1. The maximum Gasteiger partial charge on any atom is 0.416 e. The molecule has 0 bridgehead atoms. The lowest BCUT2D eigenvalue weighted by atomic mass is 9.84. The number of nitrogens with zero attached hydrogens (tertiary/aromatic N) is 1. The van der Waals surface area contributed by atoms with Gasteiger partial charge in [0.1, 0.15) is 0 Å². The van der Waals surface area contributed by atoms with E-state index in [1.165, 1.54) is 6.92 Å². The number of alkyl halides is 3. The zero-order chi connectivity index (χ0) is 14.0. The largest absolute Gasteiger partial charge is 0.468 e. The molecule has 0 amide bonds. The van der Waals surface area contributed by atoms with Gasteiger partial charge in [-0.05, 0) is 24.6 Å². The zero-order valence-corrected chi connectivity index (χ0v) is 9.71. The van der Waals surface area contributed by atoms with Crippen LogP contribution in [-0.2, 0) is 21.1 Å². The van der Waals surface area contributed by atoms with E-state index in [2.05, 4.69) is 4.74 Å². The molecule has 0 spiro atoms.